The molecule has 2 aliphatic rings. The van der Waals surface area contributed by atoms with Gasteiger partial charge in [-0.1, -0.05) is 24.6 Å². The van der Waals surface area contributed by atoms with Crippen LogP contribution in [-0.2, 0) is 22.3 Å². The van der Waals surface area contributed by atoms with Crippen molar-refractivity contribution in [1.82, 2.24) is 9.88 Å². The Morgan fingerprint density at radius 1 is 1.27 bits per heavy atom. The SMILES string of the molecule is CC12CC=C(OCC(=O)O)C=C1CCN(Cc1csc(-c3ccc(C(F)(F)F)cc3)n1)CC2. The number of ether oxygens (including phenoxy) is 1. The number of benzene rings is 1. The highest BCUT2D eigenvalue weighted by molar-refractivity contribution is 7.13. The Morgan fingerprint density at radius 3 is 2.73 bits per heavy atom. The van der Waals surface area contributed by atoms with Gasteiger partial charge < -0.3 is 9.84 Å². The molecule has 0 saturated carbocycles. The Kier molecular flexibility index (Phi) is 6.63. The van der Waals surface area contributed by atoms with E-state index >= 15 is 0 Å². The van der Waals surface area contributed by atoms with Crippen molar-refractivity contribution >= 4 is 17.3 Å². The smallest absolute Gasteiger partial charge is 0.416 e. The molecule has 1 atom stereocenters. The molecule has 1 unspecified atom stereocenters. The van der Waals surface area contributed by atoms with E-state index in [1.54, 1.807) is 0 Å². The van der Waals surface area contributed by atoms with Crippen LogP contribution in [0.2, 0.25) is 0 Å². The average molecular weight is 479 g/mol. The molecule has 0 radical (unpaired) electrons. The van der Waals surface area contributed by atoms with E-state index in [1.807, 2.05) is 17.5 Å². The standard InChI is InChI=1S/C24H25F3N2O3S/c1-23-8-6-20(32-14-21(30)31)12-18(23)7-10-29(11-9-23)13-19-15-33-22(28-19)16-2-4-17(5-3-16)24(25,26)27/h2-6,12,15H,7-11,13-14H2,1H3,(H,30,31). The van der Waals surface area contributed by atoms with Crippen LogP contribution in [-0.4, -0.2) is 40.7 Å². The molecule has 1 aromatic heterocycles. The Morgan fingerprint density at radius 2 is 2.03 bits per heavy atom. The van der Waals surface area contributed by atoms with Gasteiger partial charge in [0.2, 0.25) is 0 Å². The molecule has 1 fully saturated rings. The molecule has 1 aliphatic carbocycles. The van der Waals surface area contributed by atoms with Gasteiger partial charge in [-0.3, -0.25) is 4.90 Å². The summed E-state index contributed by atoms with van der Waals surface area (Å²) >= 11 is 1.43. The normalized spacial score (nSPS) is 21.6. The van der Waals surface area contributed by atoms with Gasteiger partial charge in [-0.2, -0.15) is 13.2 Å². The summed E-state index contributed by atoms with van der Waals surface area (Å²) in [6.07, 6.45) is 2.26. The van der Waals surface area contributed by atoms with E-state index in [2.05, 4.69) is 16.8 Å². The maximum atomic E-state index is 12.8. The van der Waals surface area contributed by atoms with Crippen LogP contribution >= 0.6 is 11.3 Å². The summed E-state index contributed by atoms with van der Waals surface area (Å²) in [5, 5.41) is 11.5. The maximum Gasteiger partial charge on any atom is 0.416 e. The number of likely N-dealkylation sites (tertiary alicyclic amines) is 1. The molecule has 1 aliphatic heterocycles. The molecule has 1 aromatic carbocycles. The zero-order chi connectivity index (χ0) is 23.6. The van der Waals surface area contributed by atoms with Gasteiger partial charge in [0.05, 0.1) is 11.3 Å². The topological polar surface area (TPSA) is 62.7 Å². The van der Waals surface area contributed by atoms with Crippen molar-refractivity contribution in [2.75, 3.05) is 19.7 Å². The van der Waals surface area contributed by atoms with Gasteiger partial charge in [0.1, 0.15) is 10.8 Å². The van der Waals surface area contributed by atoms with E-state index in [4.69, 9.17) is 9.84 Å². The quantitative estimate of drug-likeness (QED) is 0.573. The summed E-state index contributed by atoms with van der Waals surface area (Å²) in [4.78, 5) is 17.8. The minimum Gasteiger partial charge on any atom is -0.482 e. The average Bonchev–Trinajstić information content (AvgIpc) is 3.17. The fraction of sp³-hybridized carbons (Fsp3) is 0.417. The first-order valence-corrected chi connectivity index (χ1v) is 11.6. The molecule has 1 saturated heterocycles. The van der Waals surface area contributed by atoms with Crippen molar-refractivity contribution in [2.45, 2.75) is 38.9 Å². The van der Waals surface area contributed by atoms with E-state index in [1.165, 1.54) is 29.0 Å². The lowest BCUT2D eigenvalue weighted by Gasteiger charge is -2.33. The number of carboxylic acid groups (broad SMARTS) is 1. The van der Waals surface area contributed by atoms with E-state index in [0.717, 1.165) is 50.2 Å². The number of carbonyl (C=O) groups is 1. The summed E-state index contributed by atoms with van der Waals surface area (Å²) in [7, 11) is 0. The molecule has 4 rings (SSSR count). The number of thiazole rings is 1. The van der Waals surface area contributed by atoms with Crippen LogP contribution in [0.1, 0.15) is 37.4 Å². The second-order valence-corrected chi connectivity index (χ2v) is 9.58. The van der Waals surface area contributed by atoms with Crippen molar-refractivity contribution in [1.29, 1.82) is 0 Å². The lowest BCUT2D eigenvalue weighted by atomic mass is 9.73. The lowest BCUT2D eigenvalue weighted by Crippen LogP contribution is -2.26. The number of allylic oxidation sites excluding steroid dienone is 2. The van der Waals surface area contributed by atoms with Crippen molar-refractivity contribution in [3.05, 3.63) is 64.4 Å². The highest BCUT2D eigenvalue weighted by atomic mass is 32.1. The van der Waals surface area contributed by atoms with Crippen molar-refractivity contribution in [3.63, 3.8) is 0 Å². The molecular formula is C24H25F3N2O3S. The van der Waals surface area contributed by atoms with Crippen LogP contribution in [0.25, 0.3) is 10.6 Å². The first-order valence-electron chi connectivity index (χ1n) is 10.7. The molecule has 2 aromatic rings. The van der Waals surface area contributed by atoms with Crippen molar-refractivity contribution in [3.8, 4) is 10.6 Å². The van der Waals surface area contributed by atoms with Gasteiger partial charge in [-0.15, -0.1) is 11.3 Å². The van der Waals surface area contributed by atoms with Gasteiger partial charge in [0.25, 0.3) is 0 Å². The highest BCUT2D eigenvalue weighted by Gasteiger charge is 2.34. The van der Waals surface area contributed by atoms with Crippen molar-refractivity contribution < 1.29 is 27.8 Å². The molecule has 2 heterocycles. The predicted molar refractivity (Wildman–Crippen MR) is 120 cm³/mol. The van der Waals surface area contributed by atoms with Crippen LogP contribution in [0.5, 0.6) is 0 Å². The first-order chi connectivity index (χ1) is 15.6. The second-order valence-electron chi connectivity index (χ2n) is 8.72. The second kappa shape index (κ2) is 9.30. The summed E-state index contributed by atoms with van der Waals surface area (Å²) in [5.74, 6) is -0.368. The molecular weight excluding hydrogens is 453 g/mol. The third kappa shape index (κ3) is 5.65. The molecule has 0 bridgehead atoms. The number of aromatic nitrogens is 1. The first kappa shape index (κ1) is 23.5. The summed E-state index contributed by atoms with van der Waals surface area (Å²) in [6, 6.07) is 5.10. The Balaban J connectivity index is 1.39. The summed E-state index contributed by atoms with van der Waals surface area (Å²) < 4.78 is 43.8. The number of rotatable bonds is 6. The van der Waals surface area contributed by atoms with Gasteiger partial charge in [0.15, 0.2) is 6.61 Å². The predicted octanol–water partition coefficient (Wildman–Crippen LogP) is 5.75. The van der Waals surface area contributed by atoms with Crippen LogP contribution in [0.15, 0.2) is 53.1 Å². The van der Waals surface area contributed by atoms with Crippen LogP contribution in [0, 0.1) is 5.41 Å². The molecule has 176 valence electrons. The minimum atomic E-state index is -4.35. The highest BCUT2D eigenvalue weighted by Crippen LogP contribution is 2.43. The third-order valence-corrected chi connectivity index (χ3v) is 7.22. The van der Waals surface area contributed by atoms with Gasteiger partial charge >= 0.3 is 12.1 Å². The molecule has 0 amide bonds. The largest absolute Gasteiger partial charge is 0.482 e. The molecule has 0 spiro atoms. The Bertz CT molecular complexity index is 1080. The third-order valence-electron chi connectivity index (χ3n) is 6.28. The summed E-state index contributed by atoms with van der Waals surface area (Å²) in [5.41, 5.74) is 2.22. The molecule has 33 heavy (non-hydrogen) atoms. The van der Waals surface area contributed by atoms with Crippen LogP contribution < -0.4 is 0 Å². The monoisotopic (exact) mass is 478 g/mol. The fourth-order valence-corrected chi connectivity index (χ4v) is 5.06. The van der Waals surface area contributed by atoms with Gasteiger partial charge in [-0.25, -0.2) is 9.78 Å². The van der Waals surface area contributed by atoms with E-state index in [-0.39, 0.29) is 12.0 Å². The fourth-order valence-electron chi connectivity index (χ4n) is 4.24. The Hall–Kier alpha value is -2.65. The number of carboxylic acids is 1. The number of aliphatic carboxylic acids is 1. The van der Waals surface area contributed by atoms with Crippen LogP contribution in [0.4, 0.5) is 13.2 Å². The number of fused-ring (bicyclic) bond motifs is 1. The molecule has 1 N–H and O–H groups in total. The zero-order valence-electron chi connectivity index (χ0n) is 18.2. The van der Waals surface area contributed by atoms with E-state index in [9.17, 15) is 18.0 Å². The van der Waals surface area contributed by atoms with Gasteiger partial charge in [-0.05, 0) is 55.5 Å². The summed E-state index contributed by atoms with van der Waals surface area (Å²) in [6.45, 7) is 4.32. The number of hydrogen-bond donors (Lipinski definition) is 1. The maximum absolute atomic E-state index is 12.8. The lowest BCUT2D eigenvalue weighted by molar-refractivity contribution is -0.140. The van der Waals surface area contributed by atoms with Gasteiger partial charge in [0, 0.05) is 24.0 Å². The Labute approximate surface area is 194 Å². The number of alkyl halides is 3. The molecule has 9 heteroatoms. The minimum absolute atomic E-state index is 0.0261. The number of nitrogens with zero attached hydrogens (tertiary/aromatic N) is 2. The van der Waals surface area contributed by atoms with E-state index < -0.39 is 17.7 Å². The van der Waals surface area contributed by atoms with E-state index in [0.29, 0.717) is 22.9 Å². The number of halogens is 3. The van der Waals surface area contributed by atoms with Crippen molar-refractivity contribution in [2.24, 2.45) is 5.41 Å². The molecule has 5 nitrogen and oxygen atoms in total. The number of hydrogen-bond acceptors (Lipinski definition) is 5. The van der Waals surface area contributed by atoms with Crippen LogP contribution in [0.3, 0.4) is 0 Å². The zero-order valence-corrected chi connectivity index (χ0v) is 19.0.